The minimum Gasteiger partial charge on any atom is -0.508 e. The maximum absolute atomic E-state index is 14.4. The number of rotatable bonds is 9. The van der Waals surface area contributed by atoms with Crippen molar-refractivity contribution in [3.05, 3.63) is 68.4 Å². The lowest BCUT2D eigenvalue weighted by molar-refractivity contribution is -0.129. The van der Waals surface area contributed by atoms with Gasteiger partial charge in [-0.3, -0.25) is 14.2 Å². The molecule has 1 atom stereocenters. The molecule has 0 spiro atoms. The first-order chi connectivity index (χ1) is 19.5. The lowest BCUT2D eigenvalue weighted by Gasteiger charge is -2.29. The van der Waals surface area contributed by atoms with Crippen molar-refractivity contribution in [2.24, 2.45) is 5.41 Å². The Morgan fingerprint density at radius 2 is 1.79 bits per heavy atom. The summed E-state index contributed by atoms with van der Waals surface area (Å²) < 4.78 is 22.9. The fraction of sp³-hybridized carbons (Fsp3) is 0.483. The number of aromatic nitrogens is 5. The van der Waals surface area contributed by atoms with Gasteiger partial charge >= 0.3 is 5.69 Å². The molecule has 0 bridgehead atoms. The van der Waals surface area contributed by atoms with Crippen LogP contribution in [0.1, 0.15) is 65.7 Å². The molecule has 0 aliphatic carbocycles. The monoisotopic (exact) mass is 600 g/mol. The van der Waals surface area contributed by atoms with Gasteiger partial charge in [-0.1, -0.05) is 32.1 Å². The van der Waals surface area contributed by atoms with Gasteiger partial charge in [0.05, 0.1) is 30.9 Å². The van der Waals surface area contributed by atoms with E-state index in [0.717, 1.165) is 22.0 Å². The smallest absolute Gasteiger partial charge is 0.333 e. The Hall–Kier alpha value is -3.84. The quantitative estimate of drug-likeness (QED) is 0.296. The second kappa shape index (κ2) is 11.4. The number of ether oxygens (including phenoxy) is 1. The van der Waals surface area contributed by atoms with Crippen LogP contribution in [0.15, 0.2) is 40.2 Å². The van der Waals surface area contributed by atoms with E-state index in [-0.39, 0.29) is 41.3 Å². The van der Waals surface area contributed by atoms with E-state index < -0.39 is 34.6 Å². The number of halogens is 1. The number of carbonyl (C=O) groups is 1. The standard InChI is InChI=1S/C29H37FN6O5S/c1-16(2)33-26(39)29(7,8)35-23(38)22-17(3)24(36-31-11-12-32-36)42-25(22)34(27(35)40)14-21(41-15-28(4,5)6)19-13-18(30)9-10-20(19)37/h9-13,16,21,37H,14-15H2,1-8H3,(H,33,39)/t21-/m0/s1. The molecule has 226 valence electrons. The SMILES string of the molecule is Cc1c(-n2nccn2)sc2c1c(=O)n(C(C)(C)C(=O)NC(C)C)c(=O)n2C[C@H](OCC(C)(C)C)c1cc(F)ccc1O. The van der Waals surface area contributed by atoms with Gasteiger partial charge in [-0.2, -0.15) is 10.2 Å². The minimum atomic E-state index is -1.57. The van der Waals surface area contributed by atoms with Crippen molar-refractivity contribution in [2.75, 3.05) is 6.61 Å². The van der Waals surface area contributed by atoms with E-state index in [1.807, 2.05) is 20.8 Å². The largest absolute Gasteiger partial charge is 0.508 e. The number of fused-ring (bicyclic) bond motifs is 1. The van der Waals surface area contributed by atoms with Crippen molar-refractivity contribution in [1.29, 1.82) is 0 Å². The number of hydrogen-bond donors (Lipinski definition) is 2. The van der Waals surface area contributed by atoms with E-state index in [0.29, 0.717) is 15.4 Å². The van der Waals surface area contributed by atoms with Gasteiger partial charge in [0.2, 0.25) is 5.91 Å². The molecular formula is C29H37FN6O5S. The van der Waals surface area contributed by atoms with Crippen molar-refractivity contribution < 1.29 is 19.0 Å². The summed E-state index contributed by atoms with van der Waals surface area (Å²) in [6.45, 7) is 14.2. The second-order valence-electron chi connectivity index (χ2n) is 12.3. The summed E-state index contributed by atoms with van der Waals surface area (Å²) in [6, 6.07) is 3.30. The Morgan fingerprint density at radius 3 is 2.38 bits per heavy atom. The van der Waals surface area contributed by atoms with Gasteiger partial charge in [-0.25, -0.2) is 13.8 Å². The van der Waals surface area contributed by atoms with Crippen molar-refractivity contribution in [3.8, 4) is 10.8 Å². The first kappa shape index (κ1) is 31.1. The Bertz CT molecular complexity index is 1730. The number of phenolic OH excluding ortho intramolecular Hbond substituents is 1. The number of thiophene rings is 1. The normalized spacial score (nSPS) is 13.2. The first-order valence-electron chi connectivity index (χ1n) is 13.6. The summed E-state index contributed by atoms with van der Waals surface area (Å²) in [5, 5.41) is 22.6. The highest BCUT2D eigenvalue weighted by Gasteiger charge is 2.36. The summed E-state index contributed by atoms with van der Waals surface area (Å²) in [7, 11) is 0. The number of carbonyl (C=O) groups excluding carboxylic acids is 1. The van der Waals surface area contributed by atoms with Gasteiger partial charge in [0.25, 0.3) is 5.56 Å². The van der Waals surface area contributed by atoms with Crippen LogP contribution in [0.2, 0.25) is 0 Å². The minimum absolute atomic E-state index is 0.149. The fourth-order valence-corrected chi connectivity index (χ4v) is 5.80. The van der Waals surface area contributed by atoms with Crippen LogP contribution in [0.5, 0.6) is 5.75 Å². The zero-order valence-corrected chi connectivity index (χ0v) is 25.9. The molecule has 0 saturated heterocycles. The molecule has 0 radical (unpaired) electrons. The zero-order chi connectivity index (χ0) is 31.1. The summed E-state index contributed by atoms with van der Waals surface area (Å²) in [5.41, 5.74) is -2.58. The third-order valence-corrected chi connectivity index (χ3v) is 8.01. The van der Waals surface area contributed by atoms with Crippen LogP contribution in [0.4, 0.5) is 4.39 Å². The number of hydrogen-bond acceptors (Lipinski definition) is 8. The Balaban J connectivity index is 2.03. The fourth-order valence-electron chi connectivity index (χ4n) is 4.58. The van der Waals surface area contributed by atoms with E-state index in [4.69, 9.17) is 4.74 Å². The number of phenols is 1. The molecule has 4 aromatic rings. The molecule has 42 heavy (non-hydrogen) atoms. The average molecular weight is 601 g/mol. The van der Waals surface area contributed by atoms with E-state index >= 15 is 0 Å². The molecule has 0 fully saturated rings. The Morgan fingerprint density at radius 1 is 1.14 bits per heavy atom. The summed E-state index contributed by atoms with van der Waals surface area (Å²) in [4.78, 5) is 43.3. The molecule has 0 aliphatic rings. The molecule has 1 amide bonds. The van der Waals surface area contributed by atoms with Gasteiger partial charge in [-0.15, -0.1) is 4.80 Å². The molecule has 2 N–H and O–H groups in total. The molecule has 0 unspecified atom stereocenters. The summed E-state index contributed by atoms with van der Waals surface area (Å²) in [5.74, 6) is -1.29. The molecule has 3 heterocycles. The number of nitrogens with one attached hydrogen (secondary N) is 1. The van der Waals surface area contributed by atoms with E-state index in [1.54, 1.807) is 20.8 Å². The third-order valence-electron chi connectivity index (χ3n) is 6.72. The maximum atomic E-state index is 14.4. The van der Waals surface area contributed by atoms with Crippen LogP contribution >= 0.6 is 11.3 Å². The highest BCUT2D eigenvalue weighted by molar-refractivity contribution is 7.21. The van der Waals surface area contributed by atoms with Crippen LogP contribution < -0.4 is 16.6 Å². The Labute approximate surface area is 246 Å². The topological polar surface area (TPSA) is 133 Å². The predicted octanol–water partition coefficient (Wildman–Crippen LogP) is 4.02. The highest BCUT2D eigenvalue weighted by atomic mass is 32.1. The molecule has 1 aromatic carbocycles. The molecule has 0 aliphatic heterocycles. The van der Waals surface area contributed by atoms with Crippen molar-refractivity contribution >= 4 is 27.5 Å². The van der Waals surface area contributed by atoms with Crippen LogP contribution in [-0.4, -0.2) is 47.8 Å². The predicted molar refractivity (Wildman–Crippen MR) is 159 cm³/mol. The average Bonchev–Trinajstić information content (AvgIpc) is 3.52. The summed E-state index contributed by atoms with van der Waals surface area (Å²) >= 11 is 1.14. The van der Waals surface area contributed by atoms with Crippen LogP contribution in [0.25, 0.3) is 15.2 Å². The van der Waals surface area contributed by atoms with Gasteiger partial charge in [0.15, 0.2) is 0 Å². The maximum Gasteiger partial charge on any atom is 0.333 e. The third kappa shape index (κ3) is 6.02. The van der Waals surface area contributed by atoms with Gasteiger partial charge in [0, 0.05) is 17.2 Å². The van der Waals surface area contributed by atoms with Crippen molar-refractivity contribution in [1.82, 2.24) is 29.4 Å². The number of amides is 1. The number of nitrogens with zero attached hydrogens (tertiary/aromatic N) is 5. The summed E-state index contributed by atoms with van der Waals surface area (Å²) in [6.07, 6.45) is 2.02. The lowest BCUT2D eigenvalue weighted by Crippen LogP contribution is -2.56. The van der Waals surface area contributed by atoms with Gasteiger partial charge in [-0.05, 0) is 58.2 Å². The molecule has 3 aromatic heterocycles. The van der Waals surface area contributed by atoms with Crippen LogP contribution in [0, 0.1) is 18.2 Å². The van der Waals surface area contributed by atoms with E-state index in [2.05, 4.69) is 15.5 Å². The van der Waals surface area contributed by atoms with Crippen LogP contribution in [-0.2, 0) is 21.6 Å². The molecule has 13 heteroatoms. The molecule has 11 nitrogen and oxygen atoms in total. The van der Waals surface area contributed by atoms with E-state index in [1.165, 1.54) is 47.7 Å². The van der Waals surface area contributed by atoms with Crippen molar-refractivity contribution in [2.45, 2.75) is 79.6 Å². The number of aryl methyl sites for hydroxylation is 1. The number of aromatic hydroxyl groups is 1. The second-order valence-corrected chi connectivity index (χ2v) is 13.3. The zero-order valence-electron chi connectivity index (χ0n) is 25.1. The lowest BCUT2D eigenvalue weighted by atomic mass is 9.98. The van der Waals surface area contributed by atoms with Gasteiger partial charge < -0.3 is 15.2 Å². The van der Waals surface area contributed by atoms with Crippen LogP contribution in [0.3, 0.4) is 0 Å². The highest BCUT2D eigenvalue weighted by Crippen LogP contribution is 2.34. The molecule has 0 saturated carbocycles. The van der Waals surface area contributed by atoms with E-state index in [9.17, 15) is 23.9 Å². The first-order valence-corrected chi connectivity index (χ1v) is 14.4. The molecule has 4 rings (SSSR count). The number of benzene rings is 1. The van der Waals surface area contributed by atoms with Crippen molar-refractivity contribution in [3.63, 3.8) is 0 Å². The van der Waals surface area contributed by atoms with Gasteiger partial charge in [0.1, 0.15) is 33.0 Å². The molecular weight excluding hydrogens is 563 g/mol. The Kier molecular flexibility index (Phi) is 8.47.